The fourth-order valence-corrected chi connectivity index (χ4v) is 3.04. The number of carboxylic acids is 2. The lowest BCUT2D eigenvalue weighted by atomic mass is 10.2. The number of benzene rings is 2. The predicted octanol–water partition coefficient (Wildman–Crippen LogP) is 3.80. The van der Waals surface area contributed by atoms with E-state index in [1.165, 1.54) is 21.8 Å². The van der Waals surface area contributed by atoms with Crippen LogP contribution in [0.4, 0.5) is 5.69 Å². The average molecular weight is 389 g/mol. The van der Waals surface area contributed by atoms with Crippen molar-refractivity contribution in [2.45, 2.75) is 0 Å². The van der Waals surface area contributed by atoms with Crippen LogP contribution in [-0.4, -0.2) is 38.9 Å². The van der Waals surface area contributed by atoms with Crippen LogP contribution in [0.3, 0.4) is 0 Å². The first-order valence-electron chi connectivity index (χ1n) is 8.75. The van der Waals surface area contributed by atoms with Crippen molar-refractivity contribution < 1.29 is 19.8 Å². The van der Waals surface area contributed by atoms with E-state index >= 15 is 0 Å². The molecule has 0 aliphatic carbocycles. The largest absolute Gasteiger partial charge is 0.478 e. The molecule has 0 saturated heterocycles. The topological polar surface area (TPSA) is 95.7 Å². The van der Waals surface area contributed by atoms with Crippen LogP contribution in [0.5, 0.6) is 0 Å². The molecule has 2 aromatic carbocycles. The Bertz CT molecular complexity index is 1110. The van der Waals surface area contributed by atoms with Crippen LogP contribution in [-0.2, 0) is 9.59 Å². The zero-order chi connectivity index (χ0) is 20.8. The fraction of sp³-hybridized carbons (Fsp3) is 0.0455. The molecule has 146 valence electrons. The van der Waals surface area contributed by atoms with E-state index in [4.69, 9.17) is 10.2 Å². The van der Waals surface area contributed by atoms with Crippen molar-refractivity contribution in [3.63, 3.8) is 0 Å². The molecule has 0 amide bonds. The summed E-state index contributed by atoms with van der Waals surface area (Å²) in [6.07, 6.45) is 4.75. The molecule has 0 atom stereocenters. The number of carbonyl (C=O) groups is 2. The van der Waals surface area contributed by atoms with E-state index in [1.807, 2.05) is 24.5 Å². The molecule has 7 heteroatoms. The van der Waals surface area contributed by atoms with Gasteiger partial charge in [-0.15, -0.1) is 0 Å². The van der Waals surface area contributed by atoms with Crippen molar-refractivity contribution in [1.82, 2.24) is 9.66 Å². The summed E-state index contributed by atoms with van der Waals surface area (Å²) >= 11 is 0. The zero-order valence-electron chi connectivity index (χ0n) is 15.6. The number of carboxylic acid groups (broad SMARTS) is 2. The molecule has 7 nitrogen and oxygen atoms in total. The molecule has 0 spiro atoms. The Morgan fingerprint density at radius 1 is 0.828 bits per heavy atom. The lowest BCUT2D eigenvalue weighted by molar-refractivity contribution is -0.134. The lowest BCUT2D eigenvalue weighted by Gasteiger charge is -2.23. The first-order chi connectivity index (χ1) is 14.0. The number of aromatic nitrogens is 2. The molecular formula is C22H19N3O4. The van der Waals surface area contributed by atoms with Crippen molar-refractivity contribution in [2.75, 3.05) is 12.1 Å². The van der Waals surface area contributed by atoms with Gasteiger partial charge in [0, 0.05) is 42.4 Å². The minimum absolute atomic E-state index is 0.558. The summed E-state index contributed by atoms with van der Waals surface area (Å²) < 4.78 is 2.25. The van der Waals surface area contributed by atoms with Gasteiger partial charge in [0.15, 0.2) is 0 Å². The number of para-hydroxylation sites is 2. The monoisotopic (exact) mass is 389 g/mol. The Morgan fingerprint density at radius 3 is 1.72 bits per heavy atom. The third-order valence-corrected chi connectivity index (χ3v) is 4.26. The van der Waals surface area contributed by atoms with Crippen LogP contribution in [0.15, 0.2) is 85.2 Å². The molecule has 0 fully saturated rings. The maximum absolute atomic E-state index is 9.55. The summed E-state index contributed by atoms with van der Waals surface area (Å²) in [4.78, 5) is 23.2. The molecule has 2 heterocycles. The van der Waals surface area contributed by atoms with E-state index < -0.39 is 11.9 Å². The van der Waals surface area contributed by atoms with Gasteiger partial charge in [-0.05, 0) is 24.3 Å². The number of rotatable bonds is 4. The maximum atomic E-state index is 9.55. The SMILES string of the molecule is CN(c1ccncc1)n1c2ccccc2c2ccccc21.O=C(O)C=CC(=O)O. The van der Waals surface area contributed by atoms with Crippen LogP contribution < -0.4 is 5.01 Å². The summed E-state index contributed by atoms with van der Waals surface area (Å²) in [5, 5.41) is 20.3. The number of hydrogen-bond donors (Lipinski definition) is 2. The summed E-state index contributed by atoms with van der Waals surface area (Å²) in [5.41, 5.74) is 3.52. The fourth-order valence-electron chi connectivity index (χ4n) is 3.04. The van der Waals surface area contributed by atoms with Crippen LogP contribution in [0.25, 0.3) is 21.8 Å². The van der Waals surface area contributed by atoms with E-state index in [0.717, 1.165) is 5.69 Å². The van der Waals surface area contributed by atoms with Crippen molar-refractivity contribution in [3.05, 3.63) is 85.2 Å². The lowest BCUT2D eigenvalue weighted by Crippen LogP contribution is -2.24. The molecule has 2 N–H and O–H groups in total. The molecule has 2 aromatic heterocycles. The van der Waals surface area contributed by atoms with E-state index in [9.17, 15) is 9.59 Å². The smallest absolute Gasteiger partial charge is 0.328 e. The highest BCUT2D eigenvalue weighted by Gasteiger charge is 2.13. The molecule has 0 bridgehead atoms. The van der Waals surface area contributed by atoms with Crippen LogP contribution in [0.1, 0.15) is 0 Å². The van der Waals surface area contributed by atoms with Crippen molar-refractivity contribution in [2.24, 2.45) is 0 Å². The molecule has 0 aliphatic rings. The Balaban J connectivity index is 0.000000258. The zero-order valence-corrected chi connectivity index (χ0v) is 15.6. The Morgan fingerprint density at radius 2 is 1.28 bits per heavy atom. The first kappa shape index (κ1) is 19.6. The second-order valence-electron chi connectivity index (χ2n) is 6.08. The molecule has 0 aliphatic heterocycles. The normalized spacial score (nSPS) is 10.7. The molecule has 4 aromatic rings. The number of aliphatic carboxylic acids is 2. The summed E-state index contributed by atoms with van der Waals surface area (Å²) in [7, 11) is 2.08. The predicted molar refractivity (Wildman–Crippen MR) is 112 cm³/mol. The van der Waals surface area contributed by atoms with Crippen molar-refractivity contribution in [1.29, 1.82) is 0 Å². The minimum atomic E-state index is -1.26. The van der Waals surface area contributed by atoms with Gasteiger partial charge < -0.3 is 10.2 Å². The summed E-state index contributed by atoms with van der Waals surface area (Å²) in [6.45, 7) is 0. The molecule has 0 saturated carbocycles. The third-order valence-electron chi connectivity index (χ3n) is 4.26. The molecule has 4 rings (SSSR count). The quantitative estimate of drug-likeness (QED) is 0.516. The summed E-state index contributed by atoms with van der Waals surface area (Å²) in [6, 6.07) is 21.0. The standard InChI is InChI=1S/C18H15N3.C4H4O4/c1-20(14-10-12-19-13-11-14)21-17-8-4-2-6-15(17)16-7-3-5-9-18(16)21;5-3(6)1-2-4(7)8/h2-13H,1H3;1-2H,(H,5,6)(H,7,8). The second-order valence-corrected chi connectivity index (χ2v) is 6.08. The number of hydrogen-bond acceptors (Lipinski definition) is 4. The minimum Gasteiger partial charge on any atom is -0.478 e. The van der Waals surface area contributed by atoms with E-state index in [1.54, 1.807) is 0 Å². The average Bonchev–Trinajstić information content (AvgIpc) is 3.07. The van der Waals surface area contributed by atoms with Gasteiger partial charge >= 0.3 is 11.9 Å². The first-order valence-corrected chi connectivity index (χ1v) is 8.75. The van der Waals surface area contributed by atoms with Gasteiger partial charge in [0.05, 0.1) is 16.7 Å². The van der Waals surface area contributed by atoms with Gasteiger partial charge in [-0.2, -0.15) is 0 Å². The number of pyridine rings is 1. The summed E-state index contributed by atoms with van der Waals surface area (Å²) in [5.74, 6) is -2.51. The number of anilines is 1. The van der Waals surface area contributed by atoms with Gasteiger partial charge in [-0.3, -0.25) is 14.7 Å². The van der Waals surface area contributed by atoms with Crippen molar-refractivity contribution >= 4 is 39.4 Å². The molecule has 0 unspecified atom stereocenters. The molecule has 0 radical (unpaired) electrons. The van der Waals surface area contributed by atoms with Gasteiger partial charge in [-0.1, -0.05) is 36.4 Å². The third kappa shape index (κ3) is 4.41. The van der Waals surface area contributed by atoms with E-state index in [0.29, 0.717) is 12.2 Å². The van der Waals surface area contributed by atoms with Crippen molar-refractivity contribution in [3.8, 4) is 0 Å². The second kappa shape index (κ2) is 8.71. The highest BCUT2D eigenvalue weighted by atomic mass is 16.4. The van der Waals surface area contributed by atoms with Crippen LogP contribution >= 0.6 is 0 Å². The van der Waals surface area contributed by atoms with Gasteiger partial charge in [0.25, 0.3) is 0 Å². The van der Waals surface area contributed by atoms with E-state index in [2.05, 4.69) is 70.2 Å². The van der Waals surface area contributed by atoms with Gasteiger partial charge in [-0.25, -0.2) is 9.59 Å². The molecule has 29 heavy (non-hydrogen) atoms. The maximum Gasteiger partial charge on any atom is 0.328 e. The molecular weight excluding hydrogens is 370 g/mol. The van der Waals surface area contributed by atoms with Gasteiger partial charge in [0.2, 0.25) is 0 Å². The number of nitrogens with zero attached hydrogens (tertiary/aromatic N) is 3. The highest BCUT2D eigenvalue weighted by molar-refractivity contribution is 6.08. The Labute approximate surface area is 166 Å². The Kier molecular flexibility index (Phi) is 5.89. The van der Waals surface area contributed by atoms with Crippen LogP contribution in [0.2, 0.25) is 0 Å². The number of fused-ring (bicyclic) bond motifs is 3. The Hall–Kier alpha value is -4.13. The van der Waals surface area contributed by atoms with Gasteiger partial charge in [0.1, 0.15) is 0 Å². The highest BCUT2D eigenvalue weighted by Crippen LogP contribution is 2.30. The van der Waals surface area contributed by atoms with E-state index in [-0.39, 0.29) is 0 Å². The van der Waals surface area contributed by atoms with Crippen LogP contribution in [0, 0.1) is 0 Å².